The monoisotopic (exact) mass is 148 g/mol. The van der Waals surface area contributed by atoms with Crippen molar-refractivity contribution in [2.24, 2.45) is 0 Å². The number of rotatable bonds is 7. The van der Waals surface area contributed by atoms with Crippen molar-refractivity contribution in [2.75, 3.05) is 33.5 Å². The van der Waals surface area contributed by atoms with Crippen LogP contribution in [-0.2, 0) is 19.0 Å². The Bertz CT molecular complexity index is 74.1. The van der Waals surface area contributed by atoms with E-state index in [1.807, 2.05) is 0 Å². The first kappa shape index (κ1) is 9.39. The van der Waals surface area contributed by atoms with Crippen molar-refractivity contribution in [3.8, 4) is 0 Å². The predicted octanol–water partition coefficient (Wildman–Crippen LogP) is -0.178. The Morgan fingerprint density at radius 3 is 2.50 bits per heavy atom. The van der Waals surface area contributed by atoms with Crippen molar-refractivity contribution in [3.05, 3.63) is 0 Å². The van der Waals surface area contributed by atoms with Gasteiger partial charge in [0.1, 0.15) is 6.61 Å². The summed E-state index contributed by atoms with van der Waals surface area (Å²) in [4.78, 5) is 9.59. The van der Waals surface area contributed by atoms with Gasteiger partial charge in [0.25, 0.3) is 6.47 Å². The minimum atomic E-state index is 0.313. The van der Waals surface area contributed by atoms with E-state index in [1.165, 1.54) is 0 Å². The lowest BCUT2D eigenvalue weighted by Crippen LogP contribution is -2.07. The van der Waals surface area contributed by atoms with Crippen LogP contribution < -0.4 is 0 Å². The molecule has 0 aliphatic carbocycles. The molecule has 0 aromatic rings. The summed E-state index contributed by atoms with van der Waals surface area (Å²) >= 11 is 0. The van der Waals surface area contributed by atoms with Crippen LogP contribution >= 0.6 is 0 Å². The van der Waals surface area contributed by atoms with Crippen LogP contribution in [0.15, 0.2) is 0 Å². The molecule has 0 aliphatic heterocycles. The van der Waals surface area contributed by atoms with Gasteiger partial charge in [0.05, 0.1) is 19.8 Å². The van der Waals surface area contributed by atoms with Gasteiger partial charge in [0.15, 0.2) is 0 Å². The molecule has 0 aromatic carbocycles. The van der Waals surface area contributed by atoms with Crippen LogP contribution in [0.25, 0.3) is 0 Å². The van der Waals surface area contributed by atoms with E-state index in [1.54, 1.807) is 7.11 Å². The Labute approximate surface area is 60.1 Å². The number of carbonyl (C=O) groups excluding carboxylic acids is 1. The van der Waals surface area contributed by atoms with Gasteiger partial charge in [-0.05, 0) is 0 Å². The van der Waals surface area contributed by atoms with E-state index in [0.29, 0.717) is 32.9 Å². The second-order valence-electron chi connectivity index (χ2n) is 1.57. The van der Waals surface area contributed by atoms with E-state index < -0.39 is 0 Å². The molecule has 0 aliphatic rings. The second-order valence-corrected chi connectivity index (χ2v) is 1.57. The molecule has 0 spiro atoms. The van der Waals surface area contributed by atoms with Crippen molar-refractivity contribution in [2.45, 2.75) is 0 Å². The Hall–Kier alpha value is -0.610. The summed E-state index contributed by atoms with van der Waals surface area (Å²) in [6.07, 6.45) is 0. The number of carbonyl (C=O) groups is 1. The smallest absolute Gasteiger partial charge is 0.293 e. The van der Waals surface area contributed by atoms with Gasteiger partial charge in [-0.1, -0.05) is 0 Å². The lowest BCUT2D eigenvalue weighted by molar-refractivity contribution is -0.130. The summed E-state index contributed by atoms with van der Waals surface area (Å²) in [5.41, 5.74) is 0. The van der Waals surface area contributed by atoms with Gasteiger partial charge in [-0.25, -0.2) is 0 Å². The first-order valence-corrected chi connectivity index (χ1v) is 3.03. The lowest BCUT2D eigenvalue weighted by Gasteiger charge is -2.00. The molecule has 10 heavy (non-hydrogen) atoms. The number of ether oxygens (including phenoxy) is 3. The number of hydrogen-bond donors (Lipinski definition) is 0. The topological polar surface area (TPSA) is 44.8 Å². The van der Waals surface area contributed by atoms with Crippen molar-refractivity contribution >= 4 is 6.47 Å². The van der Waals surface area contributed by atoms with Crippen molar-refractivity contribution in [1.29, 1.82) is 0 Å². The third-order valence-corrected chi connectivity index (χ3v) is 0.845. The van der Waals surface area contributed by atoms with E-state index >= 15 is 0 Å². The molecular formula is C6H12O4. The maximum atomic E-state index is 9.59. The average molecular weight is 148 g/mol. The Morgan fingerprint density at radius 2 is 1.90 bits per heavy atom. The van der Waals surface area contributed by atoms with Crippen molar-refractivity contribution < 1.29 is 19.0 Å². The first-order valence-electron chi connectivity index (χ1n) is 3.03. The Morgan fingerprint density at radius 1 is 1.20 bits per heavy atom. The second kappa shape index (κ2) is 8.39. The highest BCUT2D eigenvalue weighted by Gasteiger charge is 1.86. The van der Waals surface area contributed by atoms with Crippen LogP contribution in [-0.4, -0.2) is 40.0 Å². The fourth-order valence-corrected chi connectivity index (χ4v) is 0.399. The van der Waals surface area contributed by atoms with Crippen LogP contribution in [0, 0.1) is 0 Å². The van der Waals surface area contributed by atoms with E-state index in [2.05, 4.69) is 4.74 Å². The van der Waals surface area contributed by atoms with E-state index in [4.69, 9.17) is 9.47 Å². The van der Waals surface area contributed by atoms with Crippen molar-refractivity contribution in [3.63, 3.8) is 0 Å². The van der Waals surface area contributed by atoms with E-state index in [0.717, 1.165) is 0 Å². The van der Waals surface area contributed by atoms with Gasteiger partial charge >= 0.3 is 0 Å². The van der Waals surface area contributed by atoms with Crippen LogP contribution in [0.2, 0.25) is 0 Å². The number of hydrogen-bond acceptors (Lipinski definition) is 4. The van der Waals surface area contributed by atoms with E-state index in [-0.39, 0.29) is 0 Å². The highest BCUT2D eigenvalue weighted by molar-refractivity contribution is 5.36. The third-order valence-electron chi connectivity index (χ3n) is 0.845. The van der Waals surface area contributed by atoms with Crippen LogP contribution in [0.1, 0.15) is 0 Å². The maximum absolute atomic E-state index is 9.59. The molecule has 0 unspecified atom stereocenters. The molecule has 0 fully saturated rings. The Balaban J connectivity index is 2.70. The molecule has 0 bridgehead atoms. The zero-order valence-electron chi connectivity index (χ0n) is 6.04. The molecule has 60 valence electrons. The molecule has 0 N–H and O–H groups in total. The standard InChI is InChI=1S/C6H12O4/c1-8-2-3-9-4-5-10-6-7/h6H,2-5H2,1H3. The quantitative estimate of drug-likeness (QED) is 0.371. The summed E-state index contributed by atoms with van der Waals surface area (Å²) in [5.74, 6) is 0. The van der Waals surface area contributed by atoms with Crippen LogP contribution in [0.5, 0.6) is 0 Å². The first-order chi connectivity index (χ1) is 4.91. The third kappa shape index (κ3) is 7.39. The summed E-state index contributed by atoms with van der Waals surface area (Å²) in [7, 11) is 1.60. The zero-order chi connectivity index (χ0) is 7.66. The molecule has 0 amide bonds. The van der Waals surface area contributed by atoms with Gasteiger partial charge < -0.3 is 14.2 Å². The van der Waals surface area contributed by atoms with Gasteiger partial charge in [0, 0.05) is 7.11 Å². The molecule has 0 saturated carbocycles. The van der Waals surface area contributed by atoms with Crippen molar-refractivity contribution in [1.82, 2.24) is 0 Å². The molecule has 0 radical (unpaired) electrons. The van der Waals surface area contributed by atoms with Gasteiger partial charge in [-0.2, -0.15) is 0 Å². The average Bonchev–Trinajstić information content (AvgIpc) is 1.97. The molecular weight excluding hydrogens is 136 g/mol. The molecule has 0 aromatic heterocycles. The highest BCUT2D eigenvalue weighted by atomic mass is 16.6. The van der Waals surface area contributed by atoms with Gasteiger partial charge in [-0.3, -0.25) is 4.79 Å². The molecule has 0 heterocycles. The molecule has 4 heteroatoms. The van der Waals surface area contributed by atoms with E-state index in [9.17, 15) is 4.79 Å². The molecule has 0 saturated heterocycles. The summed E-state index contributed by atoms with van der Waals surface area (Å²) < 4.78 is 14.0. The summed E-state index contributed by atoms with van der Waals surface area (Å²) in [6, 6.07) is 0. The lowest BCUT2D eigenvalue weighted by atomic mass is 10.7. The molecule has 4 nitrogen and oxygen atoms in total. The minimum absolute atomic E-state index is 0.313. The highest BCUT2D eigenvalue weighted by Crippen LogP contribution is 1.76. The molecule has 0 atom stereocenters. The minimum Gasteiger partial charge on any atom is -0.465 e. The molecule has 0 rings (SSSR count). The zero-order valence-corrected chi connectivity index (χ0v) is 6.04. The summed E-state index contributed by atoms with van der Waals surface area (Å²) in [5, 5.41) is 0. The predicted molar refractivity (Wildman–Crippen MR) is 34.7 cm³/mol. The normalized spacial score (nSPS) is 9.30. The summed E-state index contributed by atoms with van der Waals surface area (Å²) in [6.45, 7) is 2.26. The van der Waals surface area contributed by atoms with Crippen LogP contribution in [0.3, 0.4) is 0 Å². The Kier molecular flexibility index (Phi) is 7.88. The van der Waals surface area contributed by atoms with Gasteiger partial charge in [0.2, 0.25) is 0 Å². The SMILES string of the molecule is COCCOCCOC=O. The fraction of sp³-hybridized carbons (Fsp3) is 0.833. The largest absolute Gasteiger partial charge is 0.465 e. The van der Waals surface area contributed by atoms with Crippen LogP contribution in [0.4, 0.5) is 0 Å². The fourth-order valence-electron chi connectivity index (χ4n) is 0.399. The maximum Gasteiger partial charge on any atom is 0.293 e. The van der Waals surface area contributed by atoms with Gasteiger partial charge in [-0.15, -0.1) is 0 Å². The number of methoxy groups -OCH3 is 1.